The Kier molecular flexibility index (Phi) is 5.45. The van der Waals surface area contributed by atoms with Crippen molar-refractivity contribution in [1.82, 2.24) is 4.90 Å². The summed E-state index contributed by atoms with van der Waals surface area (Å²) in [6.45, 7) is 6.85. The van der Waals surface area contributed by atoms with Crippen LogP contribution in [0.5, 0.6) is 0 Å². The van der Waals surface area contributed by atoms with Crippen LogP contribution < -0.4 is 10.2 Å². The van der Waals surface area contributed by atoms with Gasteiger partial charge in [-0.15, -0.1) is 0 Å². The summed E-state index contributed by atoms with van der Waals surface area (Å²) in [5, 5.41) is 3.88. The molecule has 1 N–H and O–H groups in total. The van der Waals surface area contributed by atoms with Crippen LogP contribution in [-0.2, 0) is 0 Å². The van der Waals surface area contributed by atoms with Gasteiger partial charge in [-0.3, -0.25) is 0 Å². The smallest absolute Gasteiger partial charge is 0.173 e. The predicted molar refractivity (Wildman–Crippen MR) is 107 cm³/mol. The highest BCUT2D eigenvalue weighted by molar-refractivity contribution is 7.80. The molecule has 1 fully saturated rings. The molecule has 0 radical (unpaired) electrons. The number of nitrogens with one attached hydrogen (secondary N) is 1. The third kappa shape index (κ3) is 4.22. The first-order valence-electron chi connectivity index (χ1n) is 8.28. The van der Waals surface area contributed by atoms with Crippen LogP contribution in [-0.4, -0.2) is 35.7 Å². The number of benzene rings is 2. The summed E-state index contributed by atoms with van der Waals surface area (Å²) in [4.78, 5) is 4.54. The summed E-state index contributed by atoms with van der Waals surface area (Å²) in [7, 11) is 0. The van der Waals surface area contributed by atoms with Gasteiger partial charge in [0.05, 0.1) is 5.02 Å². The highest BCUT2D eigenvalue weighted by Gasteiger charge is 2.25. The van der Waals surface area contributed by atoms with Gasteiger partial charge in [-0.25, -0.2) is 4.39 Å². The molecule has 3 rings (SSSR count). The quantitative estimate of drug-likeness (QED) is 0.764. The Balaban J connectivity index is 1.62. The van der Waals surface area contributed by atoms with Gasteiger partial charge in [-0.2, -0.15) is 0 Å². The largest absolute Gasteiger partial charge is 0.365 e. The number of rotatable bonds is 2. The second-order valence-corrected chi connectivity index (χ2v) is 7.18. The van der Waals surface area contributed by atoms with Crippen molar-refractivity contribution in [2.45, 2.75) is 19.9 Å². The third-order valence-corrected chi connectivity index (χ3v) is 5.10. The van der Waals surface area contributed by atoms with Crippen molar-refractivity contribution in [3.63, 3.8) is 0 Å². The fourth-order valence-corrected chi connectivity index (χ4v) is 3.50. The SMILES string of the molecule is Cc1ccc(N2CCN(C(=S)Nc3ccc(F)c(Cl)c3)CC2C)cc1. The van der Waals surface area contributed by atoms with Crippen molar-refractivity contribution >= 4 is 40.3 Å². The summed E-state index contributed by atoms with van der Waals surface area (Å²) in [5.74, 6) is -0.432. The Labute approximate surface area is 158 Å². The van der Waals surface area contributed by atoms with Gasteiger partial charge in [0.1, 0.15) is 5.82 Å². The summed E-state index contributed by atoms with van der Waals surface area (Å²) < 4.78 is 13.3. The highest BCUT2D eigenvalue weighted by Crippen LogP contribution is 2.23. The lowest BCUT2D eigenvalue weighted by Gasteiger charge is -2.42. The molecule has 1 atom stereocenters. The van der Waals surface area contributed by atoms with Crippen LogP contribution in [0, 0.1) is 12.7 Å². The Morgan fingerprint density at radius 1 is 1.20 bits per heavy atom. The first kappa shape index (κ1) is 18.0. The zero-order chi connectivity index (χ0) is 18.0. The average molecular weight is 378 g/mol. The molecule has 6 heteroatoms. The van der Waals surface area contributed by atoms with Gasteiger partial charge in [0.2, 0.25) is 0 Å². The number of halogens is 2. The molecule has 0 aromatic heterocycles. The van der Waals surface area contributed by atoms with Gasteiger partial charge in [0, 0.05) is 37.1 Å². The topological polar surface area (TPSA) is 18.5 Å². The lowest BCUT2D eigenvalue weighted by atomic mass is 10.1. The van der Waals surface area contributed by atoms with Crippen LogP contribution in [0.1, 0.15) is 12.5 Å². The molecular weight excluding hydrogens is 357 g/mol. The zero-order valence-corrected chi connectivity index (χ0v) is 15.9. The van der Waals surface area contributed by atoms with Crippen molar-refractivity contribution in [3.8, 4) is 0 Å². The molecule has 1 unspecified atom stereocenters. The maximum Gasteiger partial charge on any atom is 0.173 e. The number of hydrogen-bond acceptors (Lipinski definition) is 2. The molecular formula is C19H21ClFN3S. The molecule has 132 valence electrons. The van der Waals surface area contributed by atoms with Gasteiger partial charge in [-0.05, 0) is 56.4 Å². The van der Waals surface area contributed by atoms with E-state index < -0.39 is 5.82 Å². The third-order valence-electron chi connectivity index (χ3n) is 4.45. The molecule has 3 nitrogen and oxygen atoms in total. The molecule has 1 aliphatic heterocycles. The number of nitrogens with zero attached hydrogens (tertiary/aromatic N) is 2. The van der Waals surface area contributed by atoms with E-state index in [-0.39, 0.29) is 5.02 Å². The Morgan fingerprint density at radius 2 is 1.92 bits per heavy atom. The summed E-state index contributed by atoms with van der Waals surface area (Å²) in [6, 6.07) is 13.5. The summed E-state index contributed by atoms with van der Waals surface area (Å²) >= 11 is 11.3. The van der Waals surface area contributed by atoms with Gasteiger partial charge < -0.3 is 15.1 Å². The van der Waals surface area contributed by atoms with E-state index >= 15 is 0 Å². The molecule has 1 aliphatic rings. The lowest BCUT2D eigenvalue weighted by molar-refractivity contribution is 0.342. The number of anilines is 2. The maximum absolute atomic E-state index is 13.3. The minimum Gasteiger partial charge on any atom is -0.365 e. The molecule has 0 bridgehead atoms. The van der Waals surface area contributed by atoms with E-state index in [0.717, 1.165) is 19.6 Å². The molecule has 0 saturated carbocycles. The van der Waals surface area contributed by atoms with Crippen LogP contribution in [0.15, 0.2) is 42.5 Å². The molecule has 1 heterocycles. The normalized spacial score (nSPS) is 17.5. The number of hydrogen-bond donors (Lipinski definition) is 1. The maximum atomic E-state index is 13.3. The molecule has 0 amide bonds. The van der Waals surface area contributed by atoms with Gasteiger partial charge in [0.25, 0.3) is 0 Å². The van der Waals surface area contributed by atoms with Crippen molar-refractivity contribution < 1.29 is 4.39 Å². The van der Waals surface area contributed by atoms with E-state index in [1.807, 2.05) is 0 Å². The first-order valence-corrected chi connectivity index (χ1v) is 9.07. The number of piperazine rings is 1. The Hall–Kier alpha value is -1.85. The molecule has 0 aliphatic carbocycles. The van der Waals surface area contributed by atoms with Crippen molar-refractivity contribution in [3.05, 3.63) is 58.9 Å². The lowest BCUT2D eigenvalue weighted by Crippen LogP contribution is -2.54. The van der Waals surface area contributed by atoms with Crippen molar-refractivity contribution in [2.24, 2.45) is 0 Å². The van der Waals surface area contributed by atoms with Crippen LogP contribution in [0.25, 0.3) is 0 Å². The Bertz CT molecular complexity index is 766. The minimum atomic E-state index is -0.432. The first-order chi connectivity index (χ1) is 11.9. The predicted octanol–water partition coefficient (Wildman–Crippen LogP) is 4.70. The summed E-state index contributed by atoms with van der Waals surface area (Å²) in [6.07, 6.45) is 0. The molecule has 25 heavy (non-hydrogen) atoms. The number of thiocarbonyl (C=S) groups is 1. The monoisotopic (exact) mass is 377 g/mol. The fraction of sp³-hybridized carbons (Fsp3) is 0.316. The minimum absolute atomic E-state index is 0.0883. The molecule has 0 spiro atoms. The van der Waals surface area contributed by atoms with Crippen molar-refractivity contribution in [1.29, 1.82) is 0 Å². The van der Waals surface area contributed by atoms with Crippen LogP contribution >= 0.6 is 23.8 Å². The van der Waals surface area contributed by atoms with E-state index in [2.05, 4.69) is 53.2 Å². The van der Waals surface area contributed by atoms with Crippen molar-refractivity contribution in [2.75, 3.05) is 29.9 Å². The Morgan fingerprint density at radius 3 is 2.56 bits per heavy atom. The van der Waals surface area contributed by atoms with Crippen LogP contribution in [0.3, 0.4) is 0 Å². The second kappa shape index (κ2) is 7.58. The van der Waals surface area contributed by atoms with Crippen LogP contribution in [0.2, 0.25) is 5.02 Å². The molecule has 2 aromatic carbocycles. The average Bonchev–Trinajstić information content (AvgIpc) is 2.59. The van der Waals surface area contributed by atoms with Gasteiger partial charge >= 0.3 is 0 Å². The van der Waals surface area contributed by atoms with E-state index in [4.69, 9.17) is 23.8 Å². The van der Waals surface area contributed by atoms with Gasteiger partial charge in [0.15, 0.2) is 5.11 Å². The van der Waals surface area contributed by atoms with E-state index in [9.17, 15) is 4.39 Å². The molecule has 1 saturated heterocycles. The van der Waals surface area contributed by atoms with E-state index in [1.54, 1.807) is 12.1 Å². The molecule has 2 aromatic rings. The van der Waals surface area contributed by atoms with E-state index in [0.29, 0.717) is 16.8 Å². The van der Waals surface area contributed by atoms with Gasteiger partial charge in [-0.1, -0.05) is 29.3 Å². The van der Waals surface area contributed by atoms with E-state index in [1.165, 1.54) is 17.3 Å². The second-order valence-electron chi connectivity index (χ2n) is 6.38. The number of aryl methyl sites for hydroxylation is 1. The van der Waals surface area contributed by atoms with Crippen LogP contribution in [0.4, 0.5) is 15.8 Å². The standard InChI is InChI=1S/C19H21ClFN3S/c1-13-3-6-16(7-4-13)24-10-9-23(12-14(24)2)19(25)22-15-5-8-18(21)17(20)11-15/h3-8,11,14H,9-10,12H2,1-2H3,(H,22,25). The fourth-order valence-electron chi connectivity index (χ4n) is 3.04. The highest BCUT2D eigenvalue weighted by atomic mass is 35.5. The summed E-state index contributed by atoms with van der Waals surface area (Å²) in [5.41, 5.74) is 3.20. The zero-order valence-electron chi connectivity index (χ0n) is 14.3.